The zero-order valence-corrected chi connectivity index (χ0v) is 16.1. The summed E-state index contributed by atoms with van der Waals surface area (Å²) in [6, 6.07) is 25.1. The number of hydrogen-bond donors (Lipinski definition) is 2. The summed E-state index contributed by atoms with van der Waals surface area (Å²) in [5, 5.41) is 5.52. The summed E-state index contributed by atoms with van der Waals surface area (Å²) in [7, 11) is 0. The number of ether oxygens (including phenoxy) is 1. The number of anilines is 1. The molecule has 5 heteroatoms. The molecule has 0 saturated carbocycles. The average Bonchev–Trinajstić information content (AvgIpc) is 2.76. The van der Waals surface area contributed by atoms with Crippen molar-refractivity contribution in [3.63, 3.8) is 0 Å². The highest BCUT2D eigenvalue weighted by atomic mass is 16.5. The van der Waals surface area contributed by atoms with Crippen LogP contribution >= 0.6 is 0 Å². The second-order valence-corrected chi connectivity index (χ2v) is 6.20. The molecule has 5 nitrogen and oxygen atoms in total. The van der Waals surface area contributed by atoms with Gasteiger partial charge in [0.2, 0.25) is 0 Å². The molecule has 3 rings (SSSR count). The number of amides is 2. The van der Waals surface area contributed by atoms with E-state index in [0.29, 0.717) is 17.9 Å². The van der Waals surface area contributed by atoms with Crippen LogP contribution in [0, 0.1) is 0 Å². The van der Waals surface area contributed by atoms with Crippen molar-refractivity contribution in [2.24, 2.45) is 0 Å². The van der Waals surface area contributed by atoms with E-state index in [2.05, 4.69) is 10.6 Å². The first-order valence-corrected chi connectivity index (χ1v) is 9.33. The minimum atomic E-state index is -0.408. The summed E-state index contributed by atoms with van der Waals surface area (Å²) in [6.07, 6.45) is 1.63. The van der Waals surface area contributed by atoms with Crippen LogP contribution in [-0.4, -0.2) is 18.4 Å². The van der Waals surface area contributed by atoms with Gasteiger partial charge < -0.3 is 15.4 Å². The highest BCUT2D eigenvalue weighted by molar-refractivity contribution is 6.10. The SMILES string of the molecule is CCOc1ccc(/C=C(/NC(=O)c2ccccc2)C(=O)Nc2ccccc2)cc1. The summed E-state index contributed by atoms with van der Waals surface area (Å²) in [6.45, 7) is 2.49. The van der Waals surface area contributed by atoms with Gasteiger partial charge >= 0.3 is 0 Å². The summed E-state index contributed by atoms with van der Waals surface area (Å²) in [5.41, 5.74) is 2.02. The van der Waals surface area contributed by atoms with Crippen molar-refractivity contribution in [3.05, 3.63) is 102 Å². The topological polar surface area (TPSA) is 67.4 Å². The minimum Gasteiger partial charge on any atom is -0.494 e. The lowest BCUT2D eigenvalue weighted by Crippen LogP contribution is -2.30. The Labute approximate surface area is 170 Å². The molecule has 0 aliphatic heterocycles. The molecular formula is C24H22N2O3. The van der Waals surface area contributed by atoms with Crippen molar-refractivity contribution < 1.29 is 14.3 Å². The molecule has 2 N–H and O–H groups in total. The number of hydrogen-bond acceptors (Lipinski definition) is 3. The van der Waals surface area contributed by atoms with Crippen LogP contribution < -0.4 is 15.4 Å². The van der Waals surface area contributed by atoms with Crippen molar-refractivity contribution in [2.45, 2.75) is 6.92 Å². The average molecular weight is 386 g/mol. The van der Waals surface area contributed by atoms with Crippen LogP contribution in [0.4, 0.5) is 5.69 Å². The van der Waals surface area contributed by atoms with Gasteiger partial charge in [0.15, 0.2) is 0 Å². The van der Waals surface area contributed by atoms with Crippen LogP contribution in [0.25, 0.3) is 6.08 Å². The molecule has 0 fully saturated rings. The van der Waals surface area contributed by atoms with Gasteiger partial charge in [-0.1, -0.05) is 48.5 Å². The van der Waals surface area contributed by atoms with E-state index in [1.54, 1.807) is 42.5 Å². The fraction of sp³-hybridized carbons (Fsp3) is 0.0833. The molecule has 0 bridgehead atoms. The summed E-state index contributed by atoms with van der Waals surface area (Å²) < 4.78 is 5.44. The zero-order chi connectivity index (χ0) is 20.5. The van der Waals surface area contributed by atoms with Gasteiger partial charge in [-0.2, -0.15) is 0 Å². The third-order valence-corrected chi connectivity index (χ3v) is 4.06. The highest BCUT2D eigenvalue weighted by Gasteiger charge is 2.15. The number of nitrogens with one attached hydrogen (secondary N) is 2. The van der Waals surface area contributed by atoms with E-state index in [-0.39, 0.29) is 11.6 Å². The first kappa shape index (κ1) is 19.9. The Kier molecular flexibility index (Phi) is 6.79. The number of benzene rings is 3. The maximum Gasteiger partial charge on any atom is 0.272 e. The fourth-order valence-electron chi connectivity index (χ4n) is 2.66. The molecule has 0 heterocycles. The second-order valence-electron chi connectivity index (χ2n) is 6.20. The molecule has 0 atom stereocenters. The van der Waals surface area contributed by atoms with Gasteiger partial charge in [-0.3, -0.25) is 9.59 Å². The van der Waals surface area contributed by atoms with E-state index in [9.17, 15) is 9.59 Å². The van der Waals surface area contributed by atoms with E-state index in [4.69, 9.17) is 4.74 Å². The molecule has 3 aromatic carbocycles. The Hall–Kier alpha value is -3.86. The van der Waals surface area contributed by atoms with Gasteiger partial charge in [0.1, 0.15) is 11.4 Å². The molecule has 0 aromatic heterocycles. The van der Waals surface area contributed by atoms with E-state index in [0.717, 1.165) is 11.3 Å². The number of carbonyl (C=O) groups excluding carboxylic acids is 2. The van der Waals surface area contributed by atoms with E-state index in [1.807, 2.05) is 55.5 Å². The predicted octanol–water partition coefficient (Wildman–Crippen LogP) is 4.49. The molecular weight excluding hydrogens is 364 g/mol. The zero-order valence-electron chi connectivity index (χ0n) is 16.1. The third kappa shape index (κ3) is 5.81. The smallest absolute Gasteiger partial charge is 0.272 e. The van der Waals surface area contributed by atoms with Crippen molar-refractivity contribution in [1.29, 1.82) is 0 Å². The first-order chi connectivity index (χ1) is 14.2. The number of carbonyl (C=O) groups is 2. The first-order valence-electron chi connectivity index (χ1n) is 9.33. The van der Waals surface area contributed by atoms with Crippen LogP contribution in [0.5, 0.6) is 5.75 Å². The fourth-order valence-corrected chi connectivity index (χ4v) is 2.66. The largest absolute Gasteiger partial charge is 0.494 e. The Balaban J connectivity index is 1.85. The Bertz CT molecular complexity index is 982. The molecule has 0 aliphatic carbocycles. The molecule has 0 spiro atoms. The van der Waals surface area contributed by atoms with Crippen LogP contribution in [0.2, 0.25) is 0 Å². The van der Waals surface area contributed by atoms with Gasteiger partial charge in [-0.25, -0.2) is 0 Å². The van der Waals surface area contributed by atoms with Crippen LogP contribution in [0.3, 0.4) is 0 Å². The molecule has 3 aromatic rings. The van der Waals surface area contributed by atoms with E-state index < -0.39 is 5.91 Å². The maximum atomic E-state index is 12.8. The molecule has 29 heavy (non-hydrogen) atoms. The van der Waals surface area contributed by atoms with Gasteiger partial charge in [-0.05, 0) is 55.0 Å². The maximum absolute atomic E-state index is 12.8. The van der Waals surface area contributed by atoms with Crippen LogP contribution in [0.15, 0.2) is 90.6 Å². The third-order valence-electron chi connectivity index (χ3n) is 4.06. The summed E-state index contributed by atoms with van der Waals surface area (Å²) in [5.74, 6) is -0.0198. The summed E-state index contributed by atoms with van der Waals surface area (Å²) >= 11 is 0. The molecule has 0 aliphatic rings. The highest BCUT2D eigenvalue weighted by Crippen LogP contribution is 2.15. The lowest BCUT2D eigenvalue weighted by molar-refractivity contribution is -0.113. The standard InChI is InChI=1S/C24H22N2O3/c1-2-29-21-15-13-18(14-16-21)17-22(24(28)25-20-11-7-4-8-12-20)26-23(27)19-9-5-3-6-10-19/h3-17H,2H2,1H3,(H,25,28)(H,26,27)/b22-17+. The quantitative estimate of drug-likeness (QED) is 0.588. The predicted molar refractivity (Wildman–Crippen MR) is 115 cm³/mol. The Morgan fingerprint density at radius 1 is 0.862 bits per heavy atom. The Morgan fingerprint density at radius 2 is 1.48 bits per heavy atom. The van der Waals surface area contributed by atoms with E-state index >= 15 is 0 Å². The molecule has 2 amide bonds. The van der Waals surface area contributed by atoms with Gasteiger partial charge in [-0.15, -0.1) is 0 Å². The Morgan fingerprint density at radius 3 is 2.10 bits per heavy atom. The number of rotatable bonds is 7. The summed E-state index contributed by atoms with van der Waals surface area (Å²) in [4.78, 5) is 25.4. The van der Waals surface area contributed by atoms with Crippen molar-refractivity contribution in [1.82, 2.24) is 5.32 Å². The second kappa shape index (κ2) is 9.90. The van der Waals surface area contributed by atoms with Gasteiger partial charge in [0, 0.05) is 11.3 Å². The molecule has 146 valence electrons. The lowest BCUT2D eigenvalue weighted by atomic mass is 10.1. The van der Waals surface area contributed by atoms with Crippen molar-refractivity contribution in [2.75, 3.05) is 11.9 Å². The lowest BCUT2D eigenvalue weighted by Gasteiger charge is -2.11. The molecule has 0 saturated heterocycles. The van der Waals surface area contributed by atoms with Crippen LogP contribution in [-0.2, 0) is 4.79 Å². The molecule has 0 unspecified atom stereocenters. The molecule has 0 radical (unpaired) electrons. The van der Waals surface area contributed by atoms with E-state index in [1.165, 1.54) is 0 Å². The van der Waals surface area contributed by atoms with Crippen molar-refractivity contribution >= 4 is 23.6 Å². The van der Waals surface area contributed by atoms with Crippen molar-refractivity contribution in [3.8, 4) is 5.75 Å². The van der Waals surface area contributed by atoms with Gasteiger partial charge in [0.05, 0.1) is 6.61 Å². The van der Waals surface area contributed by atoms with Crippen LogP contribution in [0.1, 0.15) is 22.8 Å². The van der Waals surface area contributed by atoms with Gasteiger partial charge in [0.25, 0.3) is 11.8 Å². The minimum absolute atomic E-state index is 0.145. The monoisotopic (exact) mass is 386 g/mol. The normalized spacial score (nSPS) is 10.9. The number of para-hydroxylation sites is 1.